The molecular weight excluding hydrogens is 408 g/mol. The number of hydrogen-bond acceptors (Lipinski definition) is 6. The van der Waals surface area contributed by atoms with Crippen LogP contribution in [0.2, 0.25) is 0 Å². The summed E-state index contributed by atoms with van der Waals surface area (Å²) in [6, 6.07) is 11.5. The van der Waals surface area contributed by atoms with Crippen LogP contribution in [0.25, 0.3) is 0 Å². The van der Waals surface area contributed by atoms with Crippen LogP contribution >= 0.6 is 0 Å². The zero-order valence-corrected chi connectivity index (χ0v) is 17.6. The fourth-order valence-electron chi connectivity index (χ4n) is 3.27. The van der Waals surface area contributed by atoms with E-state index in [2.05, 4.69) is 5.32 Å². The summed E-state index contributed by atoms with van der Waals surface area (Å²) in [6.07, 6.45) is 0.0767. The third-order valence-electron chi connectivity index (χ3n) is 4.58. The highest BCUT2D eigenvalue weighted by Gasteiger charge is 2.44. The molecule has 8 nitrogen and oxygen atoms in total. The van der Waals surface area contributed by atoms with E-state index in [0.29, 0.717) is 34.7 Å². The fraction of sp³-hybridized carbons (Fsp3) is 0.333. The number of rotatable bonds is 8. The van der Waals surface area contributed by atoms with Gasteiger partial charge in [0.25, 0.3) is 10.0 Å². The molecule has 1 unspecified atom stereocenters. The van der Waals surface area contributed by atoms with Crippen LogP contribution in [0, 0.1) is 0 Å². The molecular formula is C21H24N2O6S. The molecule has 9 heteroatoms. The van der Waals surface area contributed by atoms with Crippen LogP contribution < -0.4 is 14.8 Å². The van der Waals surface area contributed by atoms with Crippen molar-refractivity contribution in [3.63, 3.8) is 0 Å². The summed E-state index contributed by atoms with van der Waals surface area (Å²) in [6.45, 7) is 4.48. The zero-order valence-electron chi connectivity index (χ0n) is 16.8. The Kier molecular flexibility index (Phi) is 6.61. The minimum Gasteiger partial charge on any atom is -0.494 e. The van der Waals surface area contributed by atoms with E-state index in [0.717, 1.165) is 0 Å². The monoisotopic (exact) mass is 432 g/mol. The summed E-state index contributed by atoms with van der Waals surface area (Å²) < 4.78 is 37.7. The van der Waals surface area contributed by atoms with E-state index in [4.69, 9.17) is 9.47 Å². The molecule has 1 atom stereocenters. The molecule has 0 aliphatic carbocycles. The Balaban J connectivity index is 1.89. The quantitative estimate of drug-likeness (QED) is 0.688. The summed E-state index contributed by atoms with van der Waals surface area (Å²) in [4.78, 5) is 25.4. The van der Waals surface area contributed by atoms with Gasteiger partial charge in [0.1, 0.15) is 17.5 Å². The van der Waals surface area contributed by atoms with Crippen LogP contribution in [-0.4, -0.2) is 43.8 Å². The minimum atomic E-state index is -4.14. The van der Waals surface area contributed by atoms with Crippen molar-refractivity contribution in [2.75, 3.05) is 18.5 Å². The van der Waals surface area contributed by atoms with E-state index in [-0.39, 0.29) is 17.7 Å². The molecule has 1 N–H and O–H groups in total. The first-order valence-electron chi connectivity index (χ1n) is 9.71. The highest BCUT2D eigenvalue weighted by atomic mass is 32.2. The van der Waals surface area contributed by atoms with Gasteiger partial charge in [-0.05, 0) is 44.5 Å². The summed E-state index contributed by atoms with van der Waals surface area (Å²) in [5.41, 5.74) is 0.351. The van der Waals surface area contributed by atoms with Gasteiger partial charge < -0.3 is 14.8 Å². The van der Waals surface area contributed by atoms with Gasteiger partial charge in [-0.25, -0.2) is 12.7 Å². The van der Waals surface area contributed by atoms with Crippen molar-refractivity contribution in [1.29, 1.82) is 0 Å². The third-order valence-corrected chi connectivity index (χ3v) is 6.43. The molecule has 1 fully saturated rings. The Hall–Kier alpha value is -3.07. The normalized spacial score (nSPS) is 16.4. The third kappa shape index (κ3) is 4.40. The molecule has 2 aromatic rings. The van der Waals surface area contributed by atoms with Gasteiger partial charge >= 0.3 is 0 Å². The van der Waals surface area contributed by atoms with Crippen LogP contribution in [0.5, 0.6) is 11.5 Å². The van der Waals surface area contributed by atoms with E-state index in [9.17, 15) is 18.0 Å². The number of carbonyl (C=O) groups is 2. The summed E-state index contributed by atoms with van der Waals surface area (Å²) in [7, 11) is -4.14. The smallest absolute Gasteiger partial charge is 0.267 e. The van der Waals surface area contributed by atoms with Gasteiger partial charge in [0.05, 0.1) is 23.8 Å². The van der Waals surface area contributed by atoms with E-state index < -0.39 is 27.9 Å². The number of ether oxygens (including phenoxy) is 2. The number of hydrogen-bond donors (Lipinski definition) is 1. The number of benzene rings is 2. The summed E-state index contributed by atoms with van der Waals surface area (Å²) in [5, 5.41) is 2.71. The van der Waals surface area contributed by atoms with E-state index in [1.165, 1.54) is 12.1 Å². The maximum absolute atomic E-state index is 13.0. The van der Waals surface area contributed by atoms with Gasteiger partial charge in [-0.1, -0.05) is 18.2 Å². The van der Waals surface area contributed by atoms with Gasteiger partial charge in [-0.15, -0.1) is 0 Å². The number of carbonyl (C=O) groups excluding carboxylic acids is 2. The number of nitrogens with one attached hydrogen (secondary N) is 1. The second kappa shape index (κ2) is 9.17. The Labute approximate surface area is 175 Å². The lowest BCUT2D eigenvalue weighted by Gasteiger charge is -2.24. The van der Waals surface area contributed by atoms with Crippen molar-refractivity contribution < 1.29 is 27.5 Å². The molecule has 30 heavy (non-hydrogen) atoms. The lowest BCUT2D eigenvalue weighted by Crippen LogP contribution is -2.45. The van der Waals surface area contributed by atoms with Crippen molar-refractivity contribution in [3.05, 3.63) is 48.5 Å². The van der Waals surface area contributed by atoms with Crippen LogP contribution in [0.3, 0.4) is 0 Å². The van der Waals surface area contributed by atoms with Crippen molar-refractivity contribution in [2.45, 2.75) is 37.6 Å². The van der Waals surface area contributed by atoms with Crippen molar-refractivity contribution in [2.24, 2.45) is 0 Å². The Morgan fingerprint density at radius 1 is 1.10 bits per heavy atom. The van der Waals surface area contributed by atoms with Gasteiger partial charge in [0.2, 0.25) is 11.8 Å². The Bertz CT molecular complexity index is 1020. The fourth-order valence-corrected chi connectivity index (χ4v) is 4.89. The van der Waals surface area contributed by atoms with E-state index in [1.807, 2.05) is 13.8 Å². The van der Waals surface area contributed by atoms with Crippen LogP contribution in [0.4, 0.5) is 5.69 Å². The van der Waals surface area contributed by atoms with Crippen LogP contribution in [-0.2, 0) is 19.6 Å². The highest BCUT2D eigenvalue weighted by molar-refractivity contribution is 7.89. The molecule has 0 bridgehead atoms. The first kappa shape index (κ1) is 21.6. The first-order valence-corrected chi connectivity index (χ1v) is 11.1. The van der Waals surface area contributed by atoms with Gasteiger partial charge in [-0.3, -0.25) is 9.59 Å². The Morgan fingerprint density at radius 2 is 1.80 bits per heavy atom. The molecule has 3 rings (SSSR count). The molecule has 0 spiro atoms. The number of amides is 2. The standard InChI is InChI=1S/C21H24N2O6S/c1-3-28-15-10-12-19(29-4-2)17(14-15)22-21(25)18-11-13-20(24)23(18)30(26,27)16-8-6-5-7-9-16/h5-10,12,14,18H,3-4,11,13H2,1-2H3,(H,22,25). The van der Waals surface area contributed by atoms with Gasteiger partial charge in [0, 0.05) is 12.5 Å². The maximum atomic E-state index is 13.0. The van der Waals surface area contributed by atoms with E-state index >= 15 is 0 Å². The molecule has 1 aliphatic rings. The lowest BCUT2D eigenvalue weighted by atomic mass is 10.2. The summed E-state index contributed by atoms with van der Waals surface area (Å²) >= 11 is 0. The highest BCUT2D eigenvalue weighted by Crippen LogP contribution is 2.32. The van der Waals surface area contributed by atoms with E-state index in [1.54, 1.807) is 36.4 Å². The molecule has 0 radical (unpaired) electrons. The second-order valence-electron chi connectivity index (χ2n) is 6.58. The van der Waals surface area contributed by atoms with Gasteiger partial charge in [-0.2, -0.15) is 0 Å². The average molecular weight is 432 g/mol. The molecule has 0 saturated carbocycles. The second-order valence-corrected chi connectivity index (χ2v) is 8.39. The molecule has 2 amide bonds. The maximum Gasteiger partial charge on any atom is 0.267 e. The SMILES string of the molecule is CCOc1ccc(OCC)c(NC(=O)C2CCC(=O)N2S(=O)(=O)c2ccccc2)c1. The van der Waals surface area contributed by atoms with Crippen molar-refractivity contribution in [1.82, 2.24) is 4.31 Å². The molecule has 1 saturated heterocycles. The lowest BCUT2D eigenvalue weighted by molar-refractivity contribution is -0.128. The molecule has 1 heterocycles. The molecule has 1 aliphatic heterocycles. The van der Waals surface area contributed by atoms with Crippen molar-refractivity contribution >= 4 is 27.5 Å². The molecule has 0 aromatic heterocycles. The topological polar surface area (TPSA) is 102 Å². The zero-order chi connectivity index (χ0) is 21.7. The Morgan fingerprint density at radius 3 is 2.47 bits per heavy atom. The predicted molar refractivity (Wildman–Crippen MR) is 111 cm³/mol. The largest absolute Gasteiger partial charge is 0.494 e. The van der Waals surface area contributed by atoms with Crippen LogP contribution in [0.1, 0.15) is 26.7 Å². The van der Waals surface area contributed by atoms with Gasteiger partial charge in [0.15, 0.2) is 0 Å². The number of nitrogens with zero attached hydrogens (tertiary/aromatic N) is 1. The predicted octanol–water partition coefficient (Wildman–Crippen LogP) is 2.80. The van der Waals surface area contributed by atoms with Crippen LogP contribution in [0.15, 0.2) is 53.4 Å². The van der Waals surface area contributed by atoms with Crippen molar-refractivity contribution in [3.8, 4) is 11.5 Å². The number of anilines is 1. The number of sulfonamides is 1. The average Bonchev–Trinajstić information content (AvgIpc) is 3.13. The minimum absolute atomic E-state index is 0.0263. The summed E-state index contributed by atoms with van der Waals surface area (Å²) in [5.74, 6) is -0.245. The molecule has 2 aromatic carbocycles. The molecule has 160 valence electrons. The first-order chi connectivity index (χ1) is 14.4.